The topological polar surface area (TPSA) is 91.4 Å². The number of pyridine rings is 1. The molecule has 2 aromatic rings. The van der Waals surface area contributed by atoms with Crippen LogP contribution in [0.3, 0.4) is 0 Å². The van der Waals surface area contributed by atoms with E-state index in [-0.39, 0.29) is 23.8 Å². The molecule has 7 nitrogen and oxygen atoms in total. The molecular weight excluding hydrogens is 400 g/mol. The van der Waals surface area contributed by atoms with Gasteiger partial charge in [0.05, 0.1) is 16.8 Å². The number of amides is 1. The molecule has 0 saturated carbocycles. The number of aromatic nitrogens is 1. The molecule has 1 aromatic carbocycles. The predicted octanol–water partition coefficient (Wildman–Crippen LogP) is 3.03. The van der Waals surface area contributed by atoms with Crippen LogP contribution in [0.25, 0.3) is 0 Å². The predicted molar refractivity (Wildman–Crippen MR) is 110 cm³/mol. The monoisotopic (exact) mass is 422 g/mol. The van der Waals surface area contributed by atoms with Crippen molar-refractivity contribution >= 4 is 39.0 Å². The number of hydrogen-bond donors (Lipinski definition) is 2. The Balaban J connectivity index is 1.47. The van der Waals surface area contributed by atoms with Gasteiger partial charge in [-0.25, -0.2) is 18.1 Å². The third kappa shape index (κ3) is 5.67. The van der Waals surface area contributed by atoms with Gasteiger partial charge in [-0.15, -0.1) is 0 Å². The highest BCUT2D eigenvalue weighted by Crippen LogP contribution is 2.19. The third-order valence-corrected chi connectivity index (χ3v) is 6.21. The lowest BCUT2D eigenvalue weighted by Crippen LogP contribution is -2.30. The van der Waals surface area contributed by atoms with Crippen LogP contribution in [0.5, 0.6) is 0 Å². The molecule has 1 aliphatic heterocycles. The van der Waals surface area contributed by atoms with Gasteiger partial charge in [0.1, 0.15) is 5.82 Å². The molecule has 3 rings (SSSR count). The summed E-state index contributed by atoms with van der Waals surface area (Å²) in [5.41, 5.74) is 0.589. The fourth-order valence-corrected chi connectivity index (χ4v) is 4.15. The van der Waals surface area contributed by atoms with E-state index >= 15 is 0 Å². The van der Waals surface area contributed by atoms with Gasteiger partial charge in [-0.05, 0) is 55.7 Å². The molecule has 2 N–H and O–H groups in total. The van der Waals surface area contributed by atoms with Crippen LogP contribution < -0.4 is 14.9 Å². The molecule has 0 aliphatic carbocycles. The molecule has 1 fully saturated rings. The van der Waals surface area contributed by atoms with Gasteiger partial charge < -0.3 is 10.2 Å². The van der Waals surface area contributed by atoms with Crippen LogP contribution in [0.2, 0.25) is 5.02 Å². The summed E-state index contributed by atoms with van der Waals surface area (Å²) in [4.78, 5) is 18.8. The van der Waals surface area contributed by atoms with Crippen molar-refractivity contribution in [2.45, 2.75) is 30.6 Å². The Morgan fingerprint density at radius 2 is 1.79 bits per heavy atom. The SMILES string of the molecule is O=C(CCNS(=O)(=O)c1ccc(Cl)cc1)Nc1ccc(N2CCCCC2)nc1. The standard InChI is InChI=1S/C19H23ClN4O3S/c20-15-4-7-17(8-5-15)28(26,27)22-11-10-19(25)23-16-6-9-18(21-14-16)24-12-2-1-3-13-24/h4-9,14,22H,1-3,10-13H2,(H,23,25). The molecule has 0 radical (unpaired) electrons. The number of benzene rings is 1. The minimum absolute atomic E-state index is 0.00389. The van der Waals surface area contributed by atoms with E-state index in [1.807, 2.05) is 12.1 Å². The number of rotatable bonds is 7. The lowest BCUT2D eigenvalue weighted by molar-refractivity contribution is -0.116. The summed E-state index contributed by atoms with van der Waals surface area (Å²) in [7, 11) is -3.67. The zero-order valence-electron chi connectivity index (χ0n) is 15.4. The van der Waals surface area contributed by atoms with Crippen molar-refractivity contribution in [1.29, 1.82) is 0 Å². The van der Waals surface area contributed by atoms with Crippen LogP contribution in [0.15, 0.2) is 47.5 Å². The van der Waals surface area contributed by atoms with Crippen molar-refractivity contribution in [3.63, 3.8) is 0 Å². The van der Waals surface area contributed by atoms with E-state index in [9.17, 15) is 13.2 Å². The Hall–Kier alpha value is -2.16. The molecule has 0 unspecified atom stereocenters. The van der Waals surface area contributed by atoms with Gasteiger partial charge >= 0.3 is 0 Å². The van der Waals surface area contributed by atoms with Crippen LogP contribution in [0, 0.1) is 0 Å². The van der Waals surface area contributed by atoms with Crippen LogP contribution in [0.1, 0.15) is 25.7 Å². The quantitative estimate of drug-likeness (QED) is 0.715. The van der Waals surface area contributed by atoms with Crippen LogP contribution in [-0.4, -0.2) is 38.9 Å². The number of hydrogen-bond acceptors (Lipinski definition) is 5. The first-order valence-corrected chi connectivity index (χ1v) is 11.1. The van der Waals surface area contributed by atoms with Crippen molar-refractivity contribution in [2.75, 3.05) is 29.9 Å². The van der Waals surface area contributed by atoms with Crippen molar-refractivity contribution in [3.8, 4) is 0 Å². The first kappa shape index (κ1) is 20.6. The minimum atomic E-state index is -3.67. The number of carbonyl (C=O) groups is 1. The Kier molecular flexibility index (Phi) is 6.88. The highest BCUT2D eigenvalue weighted by Gasteiger charge is 2.15. The van der Waals surface area contributed by atoms with Gasteiger partial charge in [-0.1, -0.05) is 11.6 Å². The molecule has 1 amide bonds. The van der Waals surface area contributed by atoms with Crippen LogP contribution in [0.4, 0.5) is 11.5 Å². The van der Waals surface area contributed by atoms with E-state index in [1.165, 1.54) is 43.5 Å². The first-order valence-electron chi connectivity index (χ1n) is 9.20. The van der Waals surface area contributed by atoms with Gasteiger partial charge in [0.15, 0.2) is 0 Å². The molecule has 2 heterocycles. The summed E-state index contributed by atoms with van der Waals surface area (Å²) >= 11 is 5.76. The molecule has 0 bridgehead atoms. The molecule has 1 aliphatic rings. The maximum absolute atomic E-state index is 12.2. The molecule has 28 heavy (non-hydrogen) atoms. The number of piperidine rings is 1. The lowest BCUT2D eigenvalue weighted by Gasteiger charge is -2.27. The second-order valence-corrected chi connectivity index (χ2v) is 8.81. The van der Waals surface area contributed by atoms with E-state index < -0.39 is 10.0 Å². The Bertz CT molecular complexity index is 896. The fourth-order valence-electron chi connectivity index (χ4n) is 2.99. The molecule has 9 heteroatoms. The summed E-state index contributed by atoms with van der Waals surface area (Å²) in [6, 6.07) is 9.55. The van der Waals surface area contributed by atoms with Crippen LogP contribution in [-0.2, 0) is 14.8 Å². The van der Waals surface area contributed by atoms with E-state index in [0.717, 1.165) is 18.9 Å². The highest BCUT2D eigenvalue weighted by atomic mass is 35.5. The summed E-state index contributed by atoms with van der Waals surface area (Å²) < 4.78 is 26.8. The third-order valence-electron chi connectivity index (χ3n) is 4.48. The number of sulfonamides is 1. The fraction of sp³-hybridized carbons (Fsp3) is 0.368. The van der Waals surface area contributed by atoms with Gasteiger partial charge in [-0.3, -0.25) is 4.79 Å². The van der Waals surface area contributed by atoms with E-state index in [1.54, 1.807) is 6.20 Å². The minimum Gasteiger partial charge on any atom is -0.357 e. The van der Waals surface area contributed by atoms with Gasteiger partial charge in [0.2, 0.25) is 15.9 Å². The summed E-state index contributed by atoms with van der Waals surface area (Å²) in [6.07, 6.45) is 5.24. The second kappa shape index (κ2) is 9.36. The second-order valence-electron chi connectivity index (χ2n) is 6.60. The molecule has 0 atom stereocenters. The van der Waals surface area contributed by atoms with Crippen molar-refractivity contribution < 1.29 is 13.2 Å². The number of carbonyl (C=O) groups excluding carboxylic acids is 1. The average Bonchev–Trinajstić information content (AvgIpc) is 2.69. The lowest BCUT2D eigenvalue weighted by atomic mass is 10.1. The Labute approximate surface area is 170 Å². The highest BCUT2D eigenvalue weighted by molar-refractivity contribution is 7.89. The zero-order valence-corrected chi connectivity index (χ0v) is 17.0. The molecule has 0 spiro atoms. The van der Waals surface area contributed by atoms with Gasteiger partial charge in [0.25, 0.3) is 0 Å². The van der Waals surface area contributed by atoms with Gasteiger partial charge in [0, 0.05) is 31.1 Å². The number of anilines is 2. The van der Waals surface area contributed by atoms with Crippen molar-refractivity contribution in [1.82, 2.24) is 9.71 Å². The van der Waals surface area contributed by atoms with E-state index in [2.05, 4.69) is 19.9 Å². The zero-order chi connectivity index (χ0) is 20.0. The number of nitrogens with one attached hydrogen (secondary N) is 2. The van der Waals surface area contributed by atoms with Crippen molar-refractivity contribution in [3.05, 3.63) is 47.6 Å². The summed E-state index contributed by atoms with van der Waals surface area (Å²) in [6.45, 7) is 2.01. The summed E-state index contributed by atoms with van der Waals surface area (Å²) in [5.74, 6) is 0.625. The van der Waals surface area contributed by atoms with Crippen LogP contribution >= 0.6 is 11.6 Å². The number of halogens is 1. The van der Waals surface area contributed by atoms with Crippen molar-refractivity contribution in [2.24, 2.45) is 0 Å². The smallest absolute Gasteiger partial charge is 0.240 e. The molecule has 150 valence electrons. The van der Waals surface area contributed by atoms with E-state index in [4.69, 9.17) is 11.6 Å². The maximum Gasteiger partial charge on any atom is 0.240 e. The average molecular weight is 423 g/mol. The Morgan fingerprint density at radius 1 is 1.07 bits per heavy atom. The molecule has 1 aromatic heterocycles. The van der Waals surface area contributed by atoms with Gasteiger partial charge in [-0.2, -0.15) is 0 Å². The first-order chi connectivity index (χ1) is 13.4. The molecule has 1 saturated heterocycles. The maximum atomic E-state index is 12.2. The Morgan fingerprint density at radius 3 is 2.43 bits per heavy atom. The number of nitrogens with zero attached hydrogens (tertiary/aromatic N) is 2. The normalized spacial score (nSPS) is 14.7. The largest absolute Gasteiger partial charge is 0.357 e. The molecular formula is C19H23ClN4O3S. The van der Waals surface area contributed by atoms with E-state index in [0.29, 0.717) is 10.7 Å². The summed E-state index contributed by atoms with van der Waals surface area (Å²) in [5, 5.41) is 3.19.